The van der Waals surface area contributed by atoms with Crippen LogP contribution in [0, 0.1) is 5.41 Å². The number of oxime groups is 1. The van der Waals surface area contributed by atoms with Crippen LogP contribution in [0.3, 0.4) is 0 Å². The van der Waals surface area contributed by atoms with Crippen molar-refractivity contribution in [1.82, 2.24) is 20.5 Å². The molecule has 51 heavy (non-hydrogen) atoms. The smallest absolute Gasteiger partial charge is 0.347 e. The van der Waals surface area contributed by atoms with Crippen LogP contribution in [0.25, 0.3) is 0 Å². The number of aliphatic hydroxyl groups is 1. The average Bonchev–Trinajstić information content (AvgIpc) is 3.54. The van der Waals surface area contributed by atoms with Crippen molar-refractivity contribution in [3.05, 3.63) is 45.8 Å². The number of hydrogen-bond donors (Lipinski definition) is 5. The largest absolute Gasteiger partial charge is 0.543 e. The number of nitrogens with zero attached hydrogens (tertiary/aromatic N) is 4. The van der Waals surface area contributed by atoms with Crippen molar-refractivity contribution < 1.29 is 53.4 Å². The van der Waals surface area contributed by atoms with Crippen LogP contribution in [-0.2, 0) is 33.6 Å². The topological polar surface area (TPSA) is 254 Å². The minimum absolute atomic E-state index is 0.0211. The van der Waals surface area contributed by atoms with Gasteiger partial charge in [0, 0.05) is 53.5 Å². The van der Waals surface area contributed by atoms with Gasteiger partial charge in [-0.05, 0) is 25.0 Å². The Labute approximate surface area is 299 Å². The van der Waals surface area contributed by atoms with E-state index in [-0.39, 0.29) is 52.2 Å². The predicted molar refractivity (Wildman–Crippen MR) is 180 cm³/mol. The van der Waals surface area contributed by atoms with E-state index in [4.69, 9.17) is 10.6 Å². The van der Waals surface area contributed by atoms with E-state index in [1.165, 1.54) is 23.2 Å². The van der Waals surface area contributed by atoms with Gasteiger partial charge in [-0.25, -0.2) is 9.78 Å². The van der Waals surface area contributed by atoms with Crippen molar-refractivity contribution in [2.45, 2.75) is 56.5 Å². The summed E-state index contributed by atoms with van der Waals surface area (Å²) in [6.45, 7) is 4.69. The maximum atomic E-state index is 13.4. The Kier molecular flexibility index (Phi) is 9.97. The average molecular weight is 744 g/mol. The van der Waals surface area contributed by atoms with Crippen LogP contribution in [0.4, 0.5) is 5.13 Å². The molecule has 3 atom stereocenters. The number of carbonyl (C=O) groups excluding carboxylic acids is 5. The molecule has 1 aromatic rings. The monoisotopic (exact) mass is 743 g/mol. The van der Waals surface area contributed by atoms with Crippen LogP contribution in [0.15, 0.2) is 45.3 Å². The number of thiazole rings is 1. The second-order valence-electron chi connectivity index (χ2n) is 13.4. The molecular weight excluding hydrogens is 707 g/mol. The van der Waals surface area contributed by atoms with Gasteiger partial charge < -0.3 is 45.8 Å². The van der Waals surface area contributed by atoms with E-state index < -0.39 is 47.1 Å². The summed E-state index contributed by atoms with van der Waals surface area (Å²) in [5.41, 5.74) is 5.93. The van der Waals surface area contributed by atoms with E-state index in [0.717, 1.165) is 61.2 Å². The fourth-order valence-corrected chi connectivity index (χ4v) is 9.08. The number of amides is 3. The number of nitrogens with two attached hydrogens (primary N) is 1. The van der Waals surface area contributed by atoms with E-state index in [0.29, 0.717) is 34.5 Å². The number of thioether (sulfide) groups is 1. The maximum Gasteiger partial charge on any atom is 0.347 e. The van der Waals surface area contributed by atoms with E-state index in [1.54, 1.807) is 6.92 Å². The maximum absolute atomic E-state index is 13.4. The molecule has 0 unspecified atom stereocenters. The third kappa shape index (κ3) is 7.09. The lowest BCUT2D eigenvalue weighted by atomic mass is 9.70. The van der Waals surface area contributed by atoms with Crippen molar-refractivity contribution in [1.29, 1.82) is 0 Å². The lowest BCUT2D eigenvalue weighted by Crippen LogP contribution is -2.72. The van der Waals surface area contributed by atoms with Crippen LogP contribution < -0.4 is 21.5 Å². The van der Waals surface area contributed by atoms with Crippen molar-refractivity contribution >= 4 is 69.4 Å². The molecule has 2 bridgehead atoms. The molecule has 7 rings (SSSR count). The number of allylic oxidation sites excluding steroid dienone is 2. The molecule has 5 aliphatic heterocycles. The predicted octanol–water partition coefficient (Wildman–Crippen LogP) is -0.829. The highest BCUT2D eigenvalue weighted by Crippen LogP contribution is 2.46. The van der Waals surface area contributed by atoms with E-state index >= 15 is 0 Å². The number of aromatic nitrogens is 1. The summed E-state index contributed by atoms with van der Waals surface area (Å²) < 4.78 is 0.644. The minimum Gasteiger partial charge on any atom is -0.543 e. The highest BCUT2D eigenvalue weighted by molar-refractivity contribution is 8.00. The summed E-state index contributed by atoms with van der Waals surface area (Å²) in [4.78, 5) is 85.6. The first-order chi connectivity index (χ1) is 24.2. The molecule has 0 aromatic carbocycles. The number of aliphatic carboxylic acids is 2. The number of aliphatic hydroxyl groups excluding tert-OH is 1. The number of carboxylic acid groups (broad SMARTS) is 2. The number of ketones is 1. The van der Waals surface area contributed by atoms with Crippen LogP contribution in [0.1, 0.15) is 44.7 Å². The molecule has 1 aliphatic carbocycles. The molecule has 0 radical (unpaired) electrons. The van der Waals surface area contributed by atoms with Crippen LogP contribution in [0.2, 0.25) is 0 Å². The number of nitrogen functional groups attached to an aromatic ring is 1. The van der Waals surface area contributed by atoms with Gasteiger partial charge in [-0.1, -0.05) is 12.1 Å². The Balaban J connectivity index is 1.10. The second-order valence-corrected chi connectivity index (χ2v) is 15.4. The van der Waals surface area contributed by atoms with Crippen molar-refractivity contribution in [3.63, 3.8) is 0 Å². The molecule has 17 nitrogen and oxygen atoms in total. The zero-order valence-corrected chi connectivity index (χ0v) is 29.2. The normalized spacial score (nSPS) is 27.9. The van der Waals surface area contributed by atoms with Gasteiger partial charge in [0.25, 0.3) is 11.8 Å². The van der Waals surface area contributed by atoms with Crippen LogP contribution >= 0.6 is 23.1 Å². The summed E-state index contributed by atoms with van der Waals surface area (Å²) in [6, 6.07) is -1.10. The standard InChI is InChI=1S/C32H37N7O10S2/c1-2-21(29(45)46)49-37-22(18-14-51-31(33)35-18)26(43)36-23-27(44)38-24(30(47)48)17(13-50-28(23)38)12-39-8-5-32(6-9-39,7-10-39)15-34-25(42)16-3-4-19(40)20(41)11-16/h4,11,14,21,23,28H,2-3,5-10,12-13,15H2,1H3,(H6-,33,34,35,36,40,42,43,45,46,47,48)/b37-22-/t21-,23+,28+,32?,39?/m0/s1. The lowest BCUT2D eigenvalue weighted by molar-refractivity contribution is -0.941. The second kappa shape index (κ2) is 14.1. The molecule has 0 saturated carbocycles. The Hall–Kier alpha value is -4.75. The number of piperidine rings is 3. The SMILES string of the molecule is CC[C@H](O/N=C(\C(=O)N[C@@H]1C(=O)N2C(C(=O)[O-])=C(C[N+]34CCC(CNC(=O)C5=CC(=O)C(O)=CC5)(CC3)CC4)CS[C@H]12)c1csc(N)n1)C(=O)O. The summed E-state index contributed by atoms with van der Waals surface area (Å²) >= 11 is 2.34. The molecule has 19 heteroatoms. The van der Waals surface area contributed by atoms with Gasteiger partial charge in [-0.15, -0.1) is 23.1 Å². The molecule has 272 valence electrons. The van der Waals surface area contributed by atoms with E-state index in [1.807, 2.05) is 0 Å². The van der Waals surface area contributed by atoms with Gasteiger partial charge in [0.2, 0.25) is 17.8 Å². The number of carbonyl (C=O) groups is 6. The quantitative estimate of drug-likeness (QED) is 0.0717. The van der Waals surface area contributed by atoms with E-state index in [2.05, 4.69) is 20.8 Å². The summed E-state index contributed by atoms with van der Waals surface area (Å²) in [5.74, 6) is -5.27. The molecule has 6 aliphatic rings. The first-order valence-electron chi connectivity index (χ1n) is 16.4. The number of quaternary nitrogens is 1. The molecule has 6 N–H and O–H groups in total. The first kappa shape index (κ1) is 36.1. The number of nitrogens with one attached hydrogen (secondary N) is 2. The Morgan fingerprint density at radius 1 is 1.24 bits per heavy atom. The Bertz CT molecular complexity index is 1790. The minimum atomic E-state index is -1.48. The fraction of sp³-hybridized carbons (Fsp3) is 0.500. The third-order valence-electron chi connectivity index (χ3n) is 10.3. The number of rotatable bonds is 13. The van der Waals surface area contributed by atoms with Crippen LogP contribution in [-0.4, -0.2) is 122 Å². The summed E-state index contributed by atoms with van der Waals surface area (Å²) in [5, 5.41) is 41.5. The summed E-state index contributed by atoms with van der Waals surface area (Å²) in [7, 11) is 0. The van der Waals surface area contributed by atoms with Gasteiger partial charge >= 0.3 is 5.97 Å². The van der Waals surface area contributed by atoms with Gasteiger partial charge in [0.05, 0.1) is 31.3 Å². The Morgan fingerprint density at radius 2 is 1.94 bits per heavy atom. The van der Waals surface area contributed by atoms with E-state index in [9.17, 15) is 44.1 Å². The van der Waals surface area contributed by atoms with Gasteiger partial charge in [-0.2, -0.15) is 0 Å². The zero-order chi connectivity index (χ0) is 36.7. The zero-order valence-electron chi connectivity index (χ0n) is 27.6. The highest BCUT2D eigenvalue weighted by atomic mass is 32.2. The molecule has 4 saturated heterocycles. The number of anilines is 1. The van der Waals surface area contributed by atoms with Crippen molar-refractivity contribution in [2.75, 3.05) is 44.2 Å². The van der Waals surface area contributed by atoms with Crippen molar-refractivity contribution in [2.24, 2.45) is 10.6 Å². The molecule has 0 spiro atoms. The van der Waals surface area contributed by atoms with Gasteiger partial charge in [0.15, 0.2) is 16.6 Å². The van der Waals surface area contributed by atoms with Gasteiger partial charge in [0.1, 0.15) is 23.7 Å². The molecule has 4 fully saturated rings. The Morgan fingerprint density at radius 3 is 2.53 bits per heavy atom. The lowest BCUT2D eigenvalue weighted by Gasteiger charge is -2.56. The number of fused-ring (bicyclic) bond motifs is 4. The molecule has 6 heterocycles. The molecule has 1 aromatic heterocycles. The highest BCUT2D eigenvalue weighted by Gasteiger charge is 2.55. The third-order valence-corrected chi connectivity index (χ3v) is 12.3. The van der Waals surface area contributed by atoms with Crippen LogP contribution in [0.5, 0.6) is 0 Å². The molecule has 3 amide bonds. The number of β-lactam (4-membered cyclic amide) rings is 1. The molecular formula is C32H37N7O10S2. The van der Waals surface area contributed by atoms with Crippen molar-refractivity contribution in [3.8, 4) is 0 Å². The number of hydrogen-bond acceptors (Lipinski definition) is 14. The number of carboxylic acids is 2. The first-order valence-corrected chi connectivity index (χ1v) is 18.3. The fourth-order valence-electron chi connectivity index (χ4n) is 7.19. The summed E-state index contributed by atoms with van der Waals surface area (Å²) in [6.07, 6.45) is 3.80. The van der Waals surface area contributed by atoms with Gasteiger partial charge in [-0.3, -0.25) is 24.1 Å².